The van der Waals surface area contributed by atoms with Crippen LogP contribution in [0.1, 0.15) is 40.5 Å². The van der Waals surface area contributed by atoms with Gasteiger partial charge in [0.05, 0.1) is 6.07 Å². The molecule has 0 spiro atoms. The van der Waals surface area contributed by atoms with Crippen LogP contribution < -0.4 is 5.32 Å². The van der Waals surface area contributed by atoms with Gasteiger partial charge in [-0.1, -0.05) is 13.8 Å². The van der Waals surface area contributed by atoms with Crippen molar-refractivity contribution in [2.45, 2.75) is 52.1 Å². The summed E-state index contributed by atoms with van der Waals surface area (Å²) in [5.74, 6) is 0.726. The largest absolute Gasteiger partial charge is 0.304 e. The Hall–Kier alpha value is -0.590. The Morgan fingerprint density at radius 3 is 2.31 bits per heavy atom. The molecule has 0 aliphatic carbocycles. The second kappa shape index (κ2) is 6.88. The lowest BCUT2D eigenvalue weighted by Gasteiger charge is -2.29. The normalized spacial score (nSPS) is 17.2. The lowest BCUT2D eigenvalue weighted by atomic mass is 9.98. The fourth-order valence-corrected chi connectivity index (χ4v) is 1.72. The summed E-state index contributed by atoms with van der Waals surface area (Å²) in [7, 11) is 3.99. The van der Waals surface area contributed by atoms with E-state index in [1.165, 1.54) is 6.42 Å². The summed E-state index contributed by atoms with van der Waals surface area (Å²) in [6.07, 6.45) is 2.07. The maximum atomic E-state index is 9.05. The highest BCUT2D eigenvalue weighted by Crippen LogP contribution is 2.13. The molecular formula is C13H27N3. The highest BCUT2D eigenvalue weighted by molar-refractivity contribution is 5.03. The molecule has 0 aromatic carbocycles. The fraction of sp³-hybridized carbons (Fsp3) is 0.923. The van der Waals surface area contributed by atoms with Gasteiger partial charge in [-0.15, -0.1) is 0 Å². The quantitative estimate of drug-likeness (QED) is 0.722. The zero-order chi connectivity index (χ0) is 12.8. The monoisotopic (exact) mass is 225 g/mol. The van der Waals surface area contributed by atoms with E-state index < -0.39 is 5.54 Å². The summed E-state index contributed by atoms with van der Waals surface area (Å²) >= 11 is 0. The Kier molecular flexibility index (Phi) is 6.62. The average Bonchev–Trinajstić information content (AvgIpc) is 2.24. The lowest BCUT2D eigenvalue weighted by Crippen LogP contribution is -2.42. The van der Waals surface area contributed by atoms with Crippen molar-refractivity contribution in [1.82, 2.24) is 10.2 Å². The smallest absolute Gasteiger partial charge is 0.104 e. The third kappa shape index (κ3) is 5.48. The maximum absolute atomic E-state index is 9.05. The molecule has 0 aromatic rings. The van der Waals surface area contributed by atoms with Crippen molar-refractivity contribution in [1.29, 1.82) is 5.26 Å². The van der Waals surface area contributed by atoms with E-state index in [4.69, 9.17) is 5.26 Å². The summed E-state index contributed by atoms with van der Waals surface area (Å²) in [4.78, 5) is 2.34. The van der Waals surface area contributed by atoms with Crippen LogP contribution in [0.25, 0.3) is 0 Å². The molecule has 0 fully saturated rings. The van der Waals surface area contributed by atoms with Gasteiger partial charge in [0.15, 0.2) is 0 Å². The molecule has 16 heavy (non-hydrogen) atoms. The molecule has 0 bridgehead atoms. The zero-order valence-electron chi connectivity index (χ0n) is 11.7. The van der Waals surface area contributed by atoms with E-state index in [0.29, 0.717) is 6.04 Å². The predicted octanol–water partition coefficient (Wildman–Crippen LogP) is 2.24. The molecule has 2 unspecified atom stereocenters. The Morgan fingerprint density at radius 1 is 1.38 bits per heavy atom. The maximum Gasteiger partial charge on any atom is 0.104 e. The second-order valence-electron chi connectivity index (χ2n) is 5.40. The topological polar surface area (TPSA) is 39.1 Å². The first-order chi connectivity index (χ1) is 7.34. The van der Waals surface area contributed by atoms with Crippen molar-refractivity contribution in [3.63, 3.8) is 0 Å². The molecule has 3 nitrogen and oxygen atoms in total. The molecule has 3 heteroatoms. The average molecular weight is 225 g/mol. The lowest BCUT2D eigenvalue weighted by molar-refractivity contribution is 0.211. The van der Waals surface area contributed by atoms with Crippen molar-refractivity contribution in [2.75, 3.05) is 20.6 Å². The van der Waals surface area contributed by atoms with Crippen LogP contribution in [0.15, 0.2) is 0 Å². The molecule has 0 radical (unpaired) electrons. The fourth-order valence-electron chi connectivity index (χ4n) is 1.72. The first kappa shape index (κ1) is 15.4. The second-order valence-corrected chi connectivity index (χ2v) is 5.40. The Balaban J connectivity index is 4.06. The first-order valence-corrected chi connectivity index (χ1v) is 6.15. The molecule has 2 atom stereocenters. The molecule has 0 aliphatic heterocycles. The van der Waals surface area contributed by atoms with Gasteiger partial charge >= 0.3 is 0 Å². The van der Waals surface area contributed by atoms with Crippen LogP contribution in [0.4, 0.5) is 0 Å². The number of nitrogens with one attached hydrogen (secondary N) is 1. The third-order valence-electron chi connectivity index (χ3n) is 3.33. The van der Waals surface area contributed by atoms with Crippen molar-refractivity contribution in [3.8, 4) is 6.07 Å². The van der Waals surface area contributed by atoms with Gasteiger partial charge in [0.25, 0.3) is 0 Å². The van der Waals surface area contributed by atoms with Gasteiger partial charge in [-0.2, -0.15) is 5.26 Å². The number of nitrogens with zero attached hydrogens (tertiary/aromatic N) is 2. The van der Waals surface area contributed by atoms with E-state index in [1.807, 2.05) is 14.0 Å². The van der Waals surface area contributed by atoms with Gasteiger partial charge in [-0.3, -0.25) is 0 Å². The van der Waals surface area contributed by atoms with E-state index >= 15 is 0 Å². The predicted molar refractivity (Wildman–Crippen MR) is 69.2 cm³/mol. The molecule has 0 saturated carbocycles. The van der Waals surface area contributed by atoms with E-state index in [2.05, 4.69) is 44.1 Å². The standard InChI is InChI=1S/C13H27N3/c1-11(2)9-12(3)16(6)8-7-13(4,10-14)15-5/h11-12,15H,7-9H2,1-6H3. The van der Waals surface area contributed by atoms with Gasteiger partial charge < -0.3 is 10.2 Å². The van der Waals surface area contributed by atoms with E-state index in [0.717, 1.165) is 18.9 Å². The number of hydrogen-bond acceptors (Lipinski definition) is 3. The molecular weight excluding hydrogens is 198 g/mol. The van der Waals surface area contributed by atoms with Crippen LogP contribution in [-0.4, -0.2) is 37.1 Å². The van der Waals surface area contributed by atoms with Crippen LogP contribution in [0.2, 0.25) is 0 Å². The molecule has 0 amide bonds. The first-order valence-electron chi connectivity index (χ1n) is 6.15. The number of hydrogen-bond donors (Lipinski definition) is 1. The molecule has 0 aliphatic rings. The summed E-state index contributed by atoms with van der Waals surface area (Å²) in [6.45, 7) is 9.66. The number of rotatable bonds is 7. The molecule has 94 valence electrons. The summed E-state index contributed by atoms with van der Waals surface area (Å²) in [5, 5.41) is 12.1. The van der Waals surface area contributed by atoms with Crippen LogP contribution in [0.5, 0.6) is 0 Å². The Bertz CT molecular complexity index is 232. The third-order valence-corrected chi connectivity index (χ3v) is 3.33. The van der Waals surface area contributed by atoms with Crippen molar-refractivity contribution < 1.29 is 0 Å². The minimum absolute atomic E-state index is 0.397. The molecule has 0 aromatic heterocycles. The highest BCUT2D eigenvalue weighted by Gasteiger charge is 2.22. The van der Waals surface area contributed by atoms with Crippen molar-refractivity contribution in [3.05, 3.63) is 0 Å². The number of nitriles is 1. The van der Waals surface area contributed by atoms with E-state index in [-0.39, 0.29) is 0 Å². The summed E-state index contributed by atoms with van der Waals surface area (Å²) in [6, 6.07) is 2.91. The summed E-state index contributed by atoms with van der Waals surface area (Å²) < 4.78 is 0. The van der Waals surface area contributed by atoms with Gasteiger partial charge in [-0.25, -0.2) is 0 Å². The van der Waals surface area contributed by atoms with Crippen LogP contribution >= 0.6 is 0 Å². The molecule has 0 rings (SSSR count). The van der Waals surface area contributed by atoms with E-state index in [1.54, 1.807) is 0 Å². The van der Waals surface area contributed by atoms with Gasteiger partial charge in [0, 0.05) is 12.6 Å². The highest BCUT2D eigenvalue weighted by atomic mass is 15.1. The molecule has 0 heterocycles. The van der Waals surface area contributed by atoms with Crippen LogP contribution in [0, 0.1) is 17.2 Å². The van der Waals surface area contributed by atoms with Gasteiger partial charge in [-0.05, 0) is 46.7 Å². The van der Waals surface area contributed by atoms with Crippen LogP contribution in [0.3, 0.4) is 0 Å². The molecule has 1 N–H and O–H groups in total. The van der Waals surface area contributed by atoms with Crippen LogP contribution in [-0.2, 0) is 0 Å². The van der Waals surface area contributed by atoms with Crippen molar-refractivity contribution in [2.24, 2.45) is 5.92 Å². The molecule has 0 saturated heterocycles. The minimum Gasteiger partial charge on any atom is -0.304 e. The zero-order valence-corrected chi connectivity index (χ0v) is 11.7. The van der Waals surface area contributed by atoms with Gasteiger partial charge in [0.1, 0.15) is 5.54 Å². The van der Waals surface area contributed by atoms with E-state index in [9.17, 15) is 0 Å². The Labute approximate surface area is 101 Å². The summed E-state index contributed by atoms with van der Waals surface area (Å²) in [5.41, 5.74) is -0.397. The van der Waals surface area contributed by atoms with Crippen molar-refractivity contribution >= 4 is 0 Å². The van der Waals surface area contributed by atoms with Gasteiger partial charge in [0.2, 0.25) is 0 Å². The Morgan fingerprint density at radius 2 is 1.94 bits per heavy atom. The minimum atomic E-state index is -0.397. The SMILES string of the molecule is CNC(C)(C#N)CCN(C)C(C)CC(C)C.